The average Bonchev–Trinajstić information content (AvgIpc) is 3.45. The van der Waals surface area contributed by atoms with E-state index in [9.17, 15) is 15.3 Å². The Balaban J connectivity index is 1.27. The minimum Gasteiger partial charge on any atom is -0.393 e. The number of epoxide rings is 4. The standard InChI is InChI=1S/C20H34O8/c21-13(5-16-9-24-16)1-2-15(7-18-11-26-18)28-20(23,8-19-12-27-19)4-3-14(22)6-17-10-25-17/h13-19,21-23H,1-12H2. The zero-order chi connectivity index (χ0) is 19.6. The largest absolute Gasteiger partial charge is 0.393 e. The summed E-state index contributed by atoms with van der Waals surface area (Å²) < 4.78 is 27.2. The fourth-order valence-electron chi connectivity index (χ4n) is 3.80. The van der Waals surface area contributed by atoms with E-state index in [0.717, 1.165) is 13.2 Å². The summed E-state index contributed by atoms with van der Waals surface area (Å²) in [6.07, 6.45) is 3.86. The number of aliphatic hydroxyl groups excluding tert-OH is 2. The van der Waals surface area contributed by atoms with Crippen molar-refractivity contribution in [1.29, 1.82) is 0 Å². The van der Waals surface area contributed by atoms with Gasteiger partial charge in [-0.3, -0.25) is 0 Å². The maximum Gasteiger partial charge on any atom is 0.168 e. The van der Waals surface area contributed by atoms with Crippen LogP contribution in [-0.2, 0) is 23.7 Å². The Kier molecular flexibility index (Phi) is 6.89. The third-order valence-corrected chi connectivity index (χ3v) is 5.83. The lowest BCUT2D eigenvalue weighted by Crippen LogP contribution is -2.40. The van der Waals surface area contributed by atoms with Gasteiger partial charge in [0, 0.05) is 32.1 Å². The predicted octanol–water partition coefficient (Wildman–Crippen LogP) is 0.498. The molecule has 8 heteroatoms. The van der Waals surface area contributed by atoms with Gasteiger partial charge in [0.05, 0.1) is 69.2 Å². The molecule has 4 saturated heterocycles. The zero-order valence-corrected chi connectivity index (χ0v) is 16.4. The van der Waals surface area contributed by atoms with Crippen molar-refractivity contribution < 1.29 is 39.0 Å². The van der Waals surface area contributed by atoms with E-state index in [1.807, 2.05) is 0 Å². The molecule has 8 atom stereocenters. The van der Waals surface area contributed by atoms with E-state index >= 15 is 0 Å². The predicted molar refractivity (Wildman–Crippen MR) is 97.7 cm³/mol. The van der Waals surface area contributed by atoms with Gasteiger partial charge in [-0.2, -0.15) is 0 Å². The summed E-state index contributed by atoms with van der Waals surface area (Å²) in [5.74, 6) is -1.34. The van der Waals surface area contributed by atoms with Crippen molar-refractivity contribution in [2.24, 2.45) is 0 Å². The molecule has 0 aromatic rings. The first-order chi connectivity index (χ1) is 13.5. The van der Waals surface area contributed by atoms with Crippen LogP contribution >= 0.6 is 0 Å². The second-order valence-electron chi connectivity index (χ2n) is 8.84. The van der Waals surface area contributed by atoms with E-state index in [2.05, 4.69) is 0 Å². The van der Waals surface area contributed by atoms with Crippen LogP contribution in [0, 0.1) is 0 Å². The molecule has 4 heterocycles. The fourth-order valence-corrected chi connectivity index (χ4v) is 3.80. The molecule has 0 spiro atoms. The third-order valence-electron chi connectivity index (χ3n) is 5.83. The van der Waals surface area contributed by atoms with Crippen molar-refractivity contribution in [3.63, 3.8) is 0 Å². The minimum atomic E-state index is -1.34. The Morgan fingerprint density at radius 1 is 0.750 bits per heavy atom. The van der Waals surface area contributed by atoms with Crippen molar-refractivity contribution in [3.8, 4) is 0 Å². The highest BCUT2D eigenvalue weighted by Gasteiger charge is 2.41. The van der Waals surface area contributed by atoms with E-state index in [-0.39, 0.29) is 30.5 Å². The number of hydrogen-bond acceptors (Lipinski definition) is 8. The molecule has 8 unspecified atom stereocenters. The Morgan fingerprint density at radius 3 is 1.79 bits per heavy atom. The van der Waals surface area contributed by atoms with Crippen molar-refractivity contribution >= 4 is 0 Å². The number of ether oxygens (including phenoxy) is 5. The van der Waals surface area contributed by atoms with Gasteiger partial charge in [0.2, 0.25) is 0 Å². The summed E-state index contributed by atoms with van der Waals surface area (Å²) in [5, 5.41) is 31.5. The van der Waals surface area contributed by atoms with Crippen LogP contribution < -0.4 is 0 Å². The zero-order valence-electron chi connectivity index (χ0n) is 16.4. The number of rotatable bonds is 16. The van der Waals surface area contributed by atoms with Crippen LogP contribution in [0.3, 0.4) is 0 Å². The van der Waals surface area contributed by atoms with Gasteiger partial charge in [-0.15, -0.1) is 0 Å². The van der Waals surface area contributed by atoms with Crippen LogP contribution in [-0.4, -0.2) is 90.3 Å². The Bertz CT molecular complexity index is 489. The van der Waals surface area contributed by atoms with Gasteiger partial charge in [0.25, 0.3) is 0 Å². The molecule has 4 aliphatic heterocycles. The highest BCUT2D eigenvalue weighted by atomic mass is 16.6. The molecule has 4 aliphatic rings. The minimum absolute atomic E-state index is 0.0179. The molecule has 3 N–H and O–H groups in total. The molecule has 0 amide bonds. The second-order valence-corrected chi connectivity index (χ2v) is 8.84. The number of aliphatic hydroxyl groups is 3. The lowest BCUT2D eigenvalue weighted by atomic mass is 9.98. The third kappa shape index (κ3) is 7.84. The molecule has 28 heavy (non-hydrogen) atoms. The van der Waals surface area contributed by atoms with E-state index < -0.39 is 18.0 Å². The first-order valence-electron chi connectivity index (χ1n) is 10.7. The molecule has 8 nitrogen and oxygen atoms in total. The van der Waals surface area contributed by atoms with Crippen LogP contribution in [0.15, 0.2) is 0 Å². The van der Waals surface area contributed by atoms with Crippen LogP contribution in [0.2, 0.25) is 0 Å². The van der Waals surface area contributed by atoms with Gasteiger partial charge < -0.3 is 39.0 Å². The van der Waals surface area contributed by atoms with E-state index in [0.29, 0.717) is 64.6 Å². The first kappa shape index (κ1) is 20.9. The van der Waals surface area contributed by atoms with Crippen LogP contribution in [0.4, 0.5) is 0 Å². The maximum absolute atomic E-state index is 11.2. The molecule has 0 aromatic carbocycles. The van der Waals surface area contributed by atoms with Crippen molar-refractivity contribution in [2.75, 3.05) is 26.4 Å². The molecule has 0 bridgehead atoms. The monoisotopic (exact) mass is 402 g/mol. The topological polar surface area (TPSA) is 120 Å². The van der Waals surface area contributed by atoms with E-state index in [1.165, 1.54) is 0 Å². The summed E-state index contributed by atoms with van der Waals surface area (Å²) in [4.78, 5) is 0. The summed E-state index contributed by atoms with van der Waals surface area (Å²) in [5.41, 5.74) is 0. The Hall–Kier alpha value is -0.320. The van der Waals surface area contributed by atoms with Gasteiger partial charge in [-0.1, -0.05) is 0 Å². The smallest absolute Gasteiger partial charge is 0.168 e. The molecular weight excluding hydrogens is 368 g/mol. The van der Waals surface area contributed by atoms with E-state index in [1.54, 1.807) is 0 Å². The Labute approximate surface area is 166 Å². The molecular formula is C20H34O8. The Morgan fingerprint density at radius 2 is 1.25 bits per heavy atom. The van der Waals surface area contributed by atoms with Gasteiger partial charge in [0.1, 0.15) is 0 Å². The van der Waals surface area contributed by atoms with Crippen molar-refractivity contribution in [3.05, 3.63) is 0 Å². The lowest BCUT2D eigenvalue weighted by Gasteiger charge is -2.33. The summed E-state index contributed by atoms with van der Waals surface area (Å²) in [6, 6.07) is 0. The van der Waals surface area contributed by atoms with Crippen LogP contribution in [0.5, 0.6) is 0 Å². The SMILES string of the molecule is OC(CCC(CC1CO1)OC(O)(CCC(O)CC1CO1)CC1CO1)CC1CO1. The van der Waals surface area contributed by atoms with Gasteiger partial charge in [-0.25, -0.2) is 0 Å². The normalized spacial score (nSPS) is 35.7. The molecule has 162 valence electrons. The van der Waals surface area contributed by atoms with Gasteiger partial charge >= 0.3 is 0 Å². The van der Waals surface area contributed by atoms with Crippen LogP contribution in [0.25, 0.3) is 0 Å². The molecule has 0 aromatic heterocycles. The lowest BCUT2D eigenvalue weighted by molar-refractivity contribution is -0.245. The highest BCUT2D eigenvalue weighted by Crippen LogP contribution is 2.33. The van der Waals surface area contributed by atoms with Crippen LogP contribution in [0.1, 0.15) is 51.4 Å². The number of hydrogen-bond donors (Lipinski definition) is 3. The van der Waals surface area contributed by atoms with E-state index in [4.69, 9.17) is 23.7 Å². The summed E-state index contributed by atoms with van der Waals surface area (Å²) in [6.45, 7) is 2.82. The summed E-state index contributed by atoms with van der Waals surface area (Å²) in [7, 11) is 0. The quantitative estimate of drug-likeness (QED) is 0.252. The van der Waals surface area contributed by atoms with Gasteiger partial charge in [-0.05, 0) is 19.3 Å². The fraction of sp³-hybridized carbons (Fsp3) is 1.00. The first-order valence-corrected chi connectivity index (χ1v) is 10.7. The van der Waals surface area contributed by atoms with Crippen molar-refractivity contribution in [1.82, 2.24) is 0 Å². The maximum atomic E-state index is 11.2. The molecule has 0 radical (unpaired) electrons. The highest BCUT2D eigenvalue weighted by molar-refractivity contribution is 4.85. The van der Waals surface area contributed by atoms with Gasteiger partial charge in [0.15, 0.2) is 5.79 Å². The molecule has 0 aliphatic carbocycles. The molecule has 0 saturated carbocycles. The molecule has 4 rings (SSSR count). The van der Waals surface area contributed by atoms with Crippen molar-refractivity contribution in [2.45, 2.75) is 99.9 Å². The second kappa shape index (κ2) is 9.22. The summed E-state index contributed by atoms with van der Waals surface area (Å²) >= 11 is 0. The molecule has 4 fully saturated rings. The average molecular weight is 402 g/mol.